The van der Waals surface area contributed by atoms with Crippen LogP contribution >= 0.6 is 11.3 Å². The zero-order chi connectivity index (χ0) is 17.0. The molecule has 0 bridgehead atoms. The molecule has 0 fully saturated rings. The Labute approximate surface area is 133 Å². The lowest BCUT2D eigenvalue weighted by Gasteiger charge is -2.20. The monoisotopic (exact) mass is 350 g/mol. The van der Waals surface area contributed by atoms with Crippen molar-refractivity contribution in [1.29, 1.82) is 0 Å². The molecule has 2 rings (SSSR count). The van der Waals surface area contributed by atoms with E-state index in [1.54, 1.807) is 11.0 Å². The lowest BCUT2D eigenvalue weighted by Crippen LogP contribution is -2.28. The largest absolute Gasteiger partial charge is 0.437 e. The van der Waals surface area contributed by atoms with Crippen LogP contribution in [0.2, 0.25) is 0 Å². The van der Waals surface area contributed by atoms with Crippen LogP contribution in [0.4, 0.5) is 18.2 Å². The number of anilines is 1. The van der Waals surface area contributed by atoms with Crippen LogP contribution in [0.5, 0.6) is 0 Å². The number of hydrogen-bond acceptors (Lipinski definition) is 7. The van der Waals surface area contributed by atoms with Gasteiger partial charge in [-0.05, 0) is 18.2 Å². The summed E-state index contributed by atoms with van der Waals surface area (Å²) in [5, 5.41) is 21.4. The van der Waals surface area contributed by atoms with Gasteiger partial charge in [-0.1, -0.05) is 5.16 Å². The third-order valence-corrected chi connectivity index (χ3v) is 4.01. The van der Waals surface area contributed by atoms with E-state index in [2.05, 4.69) is 9.99 Å². The molecule has 0 unspecified atom stereocenters. The van der Waals surface area contributed by atoms with Gasteiger partial charge in [0, 0.05) is 18.0 Å². The predicted octanol–water partition coefficient (Wildman–Crippen LogP) is 1.40. The van der Waals surface area contributed by atoms with E-state index in [1.165, 1.54) is 6.07 Å². The quantitative estimate of drug-likeness (QED) is 0.599. The summed E-state index contributed by atoms with van der Waals surface area (Å²) in [7, 11) is 0. The number of rotatable bonds is 6. The predicted molar refractivity (Wildman–Crippen MR) is 78.3 cm³/mol. The Morgan fingerprint density at radius 1 is 1.26 bits per heavy atom. The van der Waals surface area contributed by atoms with Crippen LogP contribution in [-0.4, -0.2) is 54.4 Å². The second-order valence-electron chi connectivity index (χ2n) is 4.48. The van der Waals surface area contributed by atoms with Crippen molar-refractivity contribution in [1.82, 2.24) is 0 Å². The summed E-state index contributed by atoms with van der Waals surface area (Å²) in [4.78, 5) is 17.6. The Balaban J connectivity index is 2.26. The van der Waals surface area contributed by atoms with Gasteiger partial charge >= 0.3 is 12.1 Å². The first-order chi connectivity index (χ1) is 10.9. The Bertz CT molecular complexity index is 633. The van der Waals surface area contributed by atoms with Crippen LogP contribution < -0.4 is 4.90 Å². The Hall–Kier alpha value is -1.91. The van der Waals surface area contributed by atoms with Gasteiger partial charge in [0.2, 0.25) is 0 Å². The molecule has 0 saturated carbocycles. The van der Waals surface area contributed by atoms with Gasteiger partial charge in [0.15, 0.2) is 5.71 Å². The van der Waals surface area contributed by atoms with Gasteiger partial charge in [0.1, 0.15) is 0 Å². The molecule has 10 heteroatoms. The van der Waals surface area contributed by atoms with Crippen molar-refractivity contribution in [3.05, 3.63) is 22.6 Å². The zero-order valence-electron chi connectivity index (χ0n) is 11.7. The van der Waals surface area contributed by atoms with Gasteiger partial charge in [-0.2, -0.15) is 13.2 Å². The minimum atomic E-state index is -4.78. The highest BCUT2D eigenvalue weighted by atomic mass is 32.1. The van der Waals surface area contributed by atoms with E-state index in [0.29, 0.717) is 9.88 Å². The van der Waals surface area contributed by atoms with Crippen molar-refractivity contribution < 1.29 is 33.0 Å². The molecule has 1 aromatic heterocycles. The number of nitrogens with zero attached hydrogens (tertiary/aromatic N) is 2. The molecule has 2 heterocycles. The lowest BCUT2D eigenvalue weighted by molar-refractivity contribution is -0.136. The maximum absolute atomic E-state index is 12.8. The Morgan fingerprint density at radius 2 is 1.91 bits per heavy atom. The van der Waals surface area contributed by atoms with E-state index in [-0.39, 0.29) is 26.3 Å². The first-order valence-electron chi connectivity index (χ1n) is 6.52. The Kier molecular flexibility index (Phi) is 5.39. The van der Waals surface area contributed by atoms with Crippen molar-refractivity contribution in [2.75, 3.05) is 31.2 Å². The van der Waals surface area contributed by atoms with E-state index in [4.69, 9.17) is 10.2 Å². The third-order valence-electron chi connectivity index (χ3n) is 2.91. The molecule has 1 aliphatic heterocycles. The standard InChI is InChI=1S/C13H13F3N2O4S/c14-13(15,16)11-9(12(21)22-17-11)7-8-1-2-10(23-8)18(3-5-19)4-6-20/h1-2,7,19-20H,3-6H2/b9-7-. The molecule has 0 radical (unpaired) electrons. The van der Waals surface area contributed by atoms with Crippen molar-refractivity contribution in [2.24, 2.45) is 5.16 Å². The molecule has 6 nitrogen and oxygen atoms in total. The van der Waals surface area contributed by atoms with Crippen LogP contribution in [0.25, 0.3) is 6.08 Å². The summed E-state index contributed by atoms with van der Waals surface area (Å²) in [6, 6.07) is 3.17. The summed E-state index contributed by atoms with van der Waals surface area (Å²) in [6.07, 6.45) is -3.72. The second-order valence-corrected chi connectivity index (χ2v) is 5.58. The number of oxime groups is 1. The molecule has 23 heavy (non-hydrogen) atoms. The number of carbonyl (C=O) groups excluding carboxylic acids is 1. The second kappa shape index (κ2) is 7.11. The molecular weight excluding hydrogens is 337 g/mol. The van der Waals surface area contributed by atoms with Crippen LogP contribution in [0.15, 0.2) is 22.9 Å². The molecule has 0 saturated heterocycles. The number of thiophene rings is 1. The van der Waals surface area contributed by atoms with Crippen molar-refractivity contribution in [3.63, 3.8) is 0 Å². The summed E-state index contributed by atoms with van der Waals surface area (Å²) >= 11 is 1.12. The molecular formula is C13H13F3N2O4S. The topological polar surface area (TPSA) is 82.4 Å². The van der Waals surface area contributed by atoms with Crippen LogP contribution in [0.1, 0.15) is 4.88 Å². The fourth-order valence-electron chi connectivity index (χ4n) is 1.92. The number of hydrogen-bond donors (Lipinski definition) is 2. The van der Waals surface area contributed by atoms with Gasteiger partial charge in [0.25, 0.3) is 0 Å². The average Bonchev–Trinajstić information content (AvgIpc) is 3.06. The third kappa shape index (κ3) is 4.09. The molecule has 0 amide bonds. The average molecular weight is 350 g/mol. The van der Waals surface area contributed by atoms with Crippen molar-refractivity contribution in [2.45, 2.75) is 6.18 Å². The maximum Gasteiger partial charge on any atom is 0.437 e. The van der Waals surface area contributed by atoms with E-state index in [9.17, 15) is 18.0 Å². The maximum atomic E-state index is 12.8. The molecule has 0 aromatic carbocycles. The Morgan fingerprint density at radius 3 is 2.48 bits per heavy atom. The molecule has 1 aromatic rings. The van der Waals surface area contributed by atoms with E-state index in [0.717, 1.165) is 17.4 Å². The molecule has 0 aliphatic carbocycles. The lowest BCUT2D eigenvalue weighted by atomic mass is 10.1. The minimum absolute atomic E-state index is 0.133. The minimum Gasteiger partial charge on any atom is -0.395 e. The van der Waals surface area contributed by atoms with E-state index >= 15 is 0 Å². The smallest absolute Gasteiger partial charge is 0.395 e. The fraction of sp³-hybridized carbons (Fsp3) is 0.385. The van der Waals surface area contributed by atoms with Crippen LogP contribution in [0, 0.1) is 0 Å². The van der Waals surface area contributed by atoms with Gasteiger partial charge in [-0.3, -0.25) is 0 Å². The van der Waals surface area contributed by atoms with Gasteiger partial charge in [-0.25, -0.2) is 4.79 Å². The highest BCUT2D eigenvalue weighted by Crippen LogP contribution is 2.32. The normalized spacial score (nSPS) is 16.7. The summed E-state index contributed by atoms with van der Waals surface area (Å²) in [5.41, 5.74) is -2.01. The summed E-state index contributed by atoms with van der Waals surface area (Å²) in [5.74, 6) is -1.16. The number of carbonyl (C=O) groups is 1. The molecule has 0 atom stereocenters. The summed E-state index contributed by atoms with van der Waals surface area (Å²) in [6.45, 7) is 0.278. The first-order valence-corrected chi connectivity index (χ1v) is 7.33. The van der Waals surface area contributed by atoms with Gasteiger partial charge < -0.3 is 20.0 Å². The SMILES string of the molecule is O=C1ON=C(C(F)(F)F)/C1=C/c1ccc(N(CCO)CCO)s1. The highest BCUT2D eigenvalue weighted by molar-refractivity contribution is 7.17. The first kappa shape index (κ1) is 17.4. The van der Waals surface area contributed by atoms with Crippen LogP contribution in [-0.2, 0) is 9.63 Å². The molecule has 0 spiro atoms. The van der Waals surface area contributed by atoms with Gasteiger partial charge in [0.05, 0.1) is 23.8 Å². The fourth-order valence-corrected chi connectivity index (χ4v) is 2.92. The van der Waals surface area contributed by atoms with Crippen molar-refractivity contribution in [3.8, 4) is 0 Å². The highest BCUT2D eigenvalue weighted by Gasteiger charge is 2.45. The van der Waals surface area contributed by atoms with E-state index in [1.807, 2.05) is 0 Å². The zero-order valence-corrected chi connectivity index (χ0v) is 12.5. The summed E-state index contributed by atoms with van der Waals surface area (Å²) < 4.78 is 38.3. The van der Waals surface area contributed by atoms with E-state index < -0.39 is 23.4 Å². The molecule has 1 aliphatic rings. The number of halogens is 3. The molecule has 126 valence electrons. The number of aliphatic hydroxyl groups excluding tert-OH is 2. The number of aliphatic hydroxyl groups is 2. The van der Waals surface area contributed by atoms with Crippen molar-refractivity contribution >= 4 is 34.1 Å². The van der Waals surface area contributed by atoms with Crippen LogP contribution in [0.3, 0.4) is 0 Å². The molecule has 2 N–H and O–H groups in total. The van der Waals surface area contributed by atoms with Gasteiger partial charge in [-0.15, -0.1) is 11.3 Å². The number of alkyl halides is 3.